The highest BCUT2D eigenvalue weighted by atomic mass is 32.2. The highest BCUT2D eigenvalue weighted by molar-refractivity contribution is 7.89. The second-order valence-corrected chi connectivity index (χ2v) is 13.1. The fraction of sp³-hybridized carbons (Fsp3) is 0.281. The lowest BCUT2D eigenvalue weighted by molar-refractivity contribution is 0.0770. The molecule has 7 rings (SSSR count). The van der Waals surface area contributed by atoms with Crippen molar-refractivity contribution in [3.05, 3.63) is 107 Å². The van der Waals surface area contributed by atoms with Crippen LogP contribution in [0, 0.1) is 11.2 Å². The fourth-order valence-corrected chi connectivity index (χ4v) is 8.00. The monoisotopic (exact) mass is 583 g/mol. The maximum absolute atomic E-state index is 14.3. The molecular weight excluding hydrogens is 553 g/mol. The summed E-state index contributed by atoms with van der Waals surface area (Å²) in [5.74, 6) is -0.545. The number of benzene rings is 2. The molecule has 42 heavy (non-hydrogen) atoms. The second-order valence-electron chi connectivity index (χ2n) is 11.2. The van der Waals surface area contributed by atoms with Gasteiger partial charge in [-0.25, -0.2) is 17.5 Å². The number of halogens is 1. The number of Topliss-reactive ketones (excluding diaryl/α,β-unsaturated/α-hetero) is 1. The van der Waals surface area contributed by atoms with Gasteiger partial charge in [0.2, 0.25) is 10.0 Å². The molecule has 2 aromatic carbocycles. The molecule has 8 nitrogen and oxygen atoms in total. The first-order valence-electron chi connectivity index (χ1n) is 14.2. The summed E-state index contributed by atoms with van der Waals surface area (Å²) in [4.78, 5) is 21.1. The van der Waals surface area contributed by atoms with Gasteiger partial charge in [-0.3, -0.25) is 9.78 Å². The van der Waals surface area contributed by atoms with E-state index in [2.05, 4.69) is 15.0 Å². The zero-order valence-electron chi connectivity index (χ0n) is 23.0. The lowest BCUT2D eigenvalue weighted by atomic mass is 9.65. The minimum Gasteiger partial charge on any atom is -0.372 e. The Balaban J connectivity index is 1.26. The fourth-order valence-electron chi connectivity index (χ4n) is 6.50. The molecule has 0 N–H and O–H groups in total. The van der Waals surface area contributed by atoms with E-state index in [0.717, 1.165) is 48.4 Å². The van der Waals surface area contributed by atoms with Gasteiger partial charge in [0, 0.05) is 38.1 Å². The Morgan fingerprint density at radius 2 is 1.64 bits per heavy atom. The van der Waals surface area contributed by atoms with Crippen molar-refractivity contribution in [3.8, 4) is 5.69 Å². The molecule has 2 aliphatic heterocycles. The van der Waals surface area contributed by atoms with E-state index in [1.807, 2.05) is 18.2 Å². The molecule has 10 heteroatoms. The smallest absolute Gasteiger partial charge is 0.243 e. The van der Waals surface area contributed by atoms with Gasteiger partial charge in [-0.1, -0.05) is 11.6 Å². The predicted molar refractivity (Wildman–Crippen MR) is 157 cm³/mol. The lowest BCUT2D eigenvalue weighted by Gasteiger charge is -2.44. The van der Waals surface area contributed by atoms with Crippen LogP contribution in [0.2, 0.25) is 0 Å². The standard InChI is InChI=1S/C32H30FN5O3S/c33-25-6-8-27(9-7-25)38-30-19-24-14-18-37(42(40,41)28-12-10-26(11-13-28)36-16-3-4-17-36)22-32(24,20-23(30)21-35-38)31(39)29-5-1-2-15-34-29/h1-2,5-13,15,19,21H,3-4,14,16-18,20,22H2. The normalized spacial score (nSPS) is 20.6. The molecule has 4 aromatic rings. The maximum atomic E-state index is 14.3. The molecule has 0 bridgehead atoms. The highest BCUT2D eigenvalue weighted by Crippen LogP contribution is 2.47. The molecule has 1 aliphatic carbocycles. The van der Waals surface area contributed by atoms with Crippen molar-refractivity contribution in [2.75, 3.05) is 31.1 Å². The SMILES string of the molecule is O=C(c1ccccn1)C12Cc3cnn(-c4ccc(F)cc4)c3C=C1CCN(S(=O)(=O)c1ccc(N3CCCC3)cc1)C2. The average molecular weight is 584 g/mol. The second kappa shape index (κ2) is 10.3. The van der Waals surface area contributed by atoms with E-state index < -0.39 is 15.4 Å². The van der Waals surface area contributed by atoms with E-state index in [4.69, 9.17) is 0 Å². The van der Waals surface area contributed by atoms with Crippen LogP contribution in [-0.2, 0) is 16.4 Å². The minimum absolute atomic E-state index is 0.00557. The third kappa shape index (κ3) is 4.46. The predicted octanol–water partition coefficient (Wildman–Crippen LogP) is 4.91. The van der Waals surface area contributed by atoms with E-state index >= 15 is 0 Å². The first kappa shape index (κ1) is 26.7. The van der Waals surface area contributed by atoms with Crippen LogP contribution in [0.15, 0.2) is 89.6 Å². The van der Waals surface area contributed by atoms with E-state index in [0.29, 0.717) is 17.8 Å². The Morgan fingerprint density at radius 3 is 2.36 bits per heavy atom. The van der Waals surface area contributed by atoms with E-state index in [1.54, 1.807) is 59.5 Å². The number of carbonyl (C=O) groups is 1. The Hall–Kier alpha value is -4.15. The van der Waals surface area contributed by atoms with Crippen LogP contribution in [0.1, 0.15) is 41.0 Å². The van der Waals surface area contributed by atoms with Crippen LogP contribution < -0.4 is 4.90 Å². The zero-order valence-corrected chi connectivity index (χ0v) is 23.8. The Bertz CT molecular complexity index is 1780. The van der Waals surface area contributed by atoms with Crippen LogP contribution in [0.3, 0.4) is 0 Å². The summed E-state index contributed by atoms with van der Waals surface area (Å²) in [6.07, 6.45) is 8.20. The number of sulfonamides is 1. The van der Waals surface area contributed by atoms with Crippen LogP contribution in [0.5, 0.6) is 0 Å². The van der Waals surface area contributed by atoms with Crippen molar-refractivity contribution in [1.29, 1.82) is 0 Å². The van der Waals surface area contributed by atoms with Gasteiger partial charge in [0.1, 0.15) is 11.5 Å². The van der Waals surface area contributed by atoms with E-state index in [1.165, 1.54) is 16.4 Å². The summed E-state index contributed by atoms with van der Waals surface area (Å²) in [5, 5.41) is 4.56. The van der Waals surface area contributed by atoms with Gasteiger partial charge in [0.05, 0.1) is 27.9 Å². The van der Waals surface area contributed by atoms with Crippen molar-refractivity contribution in [1.82, 2.24) is 19.1 Å². The minimum atomic E-state index is -3.87. The van der Waals surface area contributed by atoms with E-state index in [9.17, 15) is 17.6 Å². The van der Waals surface area contributed by atoms with Gasteiger partial charge in [-0.15, -0.1) is 0 Å². The van der Waals surface area contributed by atoms with Crippen LogP contribution in [0.25, 0.3) is 11.8 Å². The summed E-state index contributed by atoms with van der Waals surface area (Å²) >= 11 is 0. The topological polar surface area (TPSA) is 88.4 Å². The molecule has 2 fully saturated rings. The molecule has 1 atom stereocenters. The van der Waals surface area contributed by atoms with Crippen molar-refractivity contribution in [2.45, 2.75) is 30.6 Å². The third-order valence-corrected chi connectivity index (χ3v) is 10.6. The molecule has 4 heterocycles. The lowest BCUT2D eigenvalue weighted by Crippen LogP contribution is -2.53. The number of hydrogen-bond acceptors (Lipinski definition) is 6. The molecule has 0 amide bonds. The summed E-state index contributed by atoms with van der Waals surface area (Å²) in [7, 11) is -3.87. The quantitative estimate of drug-likeness (QED) is 0.300. The Labute approximate surface area is 244 Å². The molecular formula is C32H30FN5O3S. The molecule has 2 aromatic heterocycles. The van der Waals surface area contributed by atoms with Crippen LogP contribution in [-0.4, -0.2) is 59.4 Å². The van der Waals surface area contributed by atoms with Crippen molar-refractivity contribution >= 4 is 27.6 Å². The third-order valence-electron chi connectivity index (χ3n) is 8.73. The van der Waals surface area contributed by atoms with Gasteiger partial charge in [0.15, 0.2) is 5.78 Å². The van der Waals surface area contributed by atoms with Gasteiger partial charge in [-0.05, 0) is 98.0 Å². The average Bonchev–Trinajstić information content (AvgIpc) is 3.71. The van der Waals surface area contributed by atoms with Crippen molar-refractivity contribution in [3.63, 3.8) is 0 Å². The van der Waals surface area contributed by atoms with Crippen LogP contribution in [0.4, 0.5) is 10.1 Å². The summed E-state index contributed by atoms with van der Waals surface area (Å²) in [5.41, 5.74) is 3.39. The number of piperidine rings is 1. The highest BCUT2D eigenvalue weighted by Gasteiger charge is 2.51. The molecule has 0 spiro atoms. The zero-order chi connectivity index (χ0) is 28.9. The summed E-state index contributed by atoms with van der Waals surface area (Å²) in [6, 6.07) is 18.4. The number of aromatic nitrogens is 3. The summed E-state index contributed by atoms with van der Waals surface area (Å²) < 4.78 is 44.7. The first-order chi connectivity index (χ1) is 20.3. The number of carbonyl (C=O) groups excluding carboxylic acids is 1. The molecule has 1 unspecified atom stereocenters. The van der Waals surface area contributed by atoms with Crippen molar-refractivity contribution in [2.24, 2.45) is 5.41 Å². The van der Waals surface area contributed by atoms with Crippen molar-refractivity contribution < 1.29 is 17.6 Å². The maximum Gasteiger partial charge on any atom is 0.243 e. The Morgan fingerprint density at radius 1 is 0.905 bits per heavy atom. The molecule has 2 saturated heterocycles. The Kier molecular flexibility index (Phi) is 6.55. The number of rotatable bonds is 6. The molecule has 0 saturated carbocycles. The molecule has 0 radical (unpaired) electrons. The summed E-state index contributed by atoms with van der Waals surface area (Å²) in [6.45, 7) is 2.21. The number of hydrogen-bond donors (Lipinski definition) is 0. The number of anilines is 1. The van der Waals surface area contributed by atoms with Gasteiger partial charge >= 0.3 is 0 Å². The van der Waals surface area contributed by atoms with Crippen LogP contribution >= 0.6 is 0 Å². The first-order valence-corrected chi connectivity index (χ1v) is 15.6. The number of ketones is 1. The molecule has 214 valence electrons. The number of fused-ring (bicyclic) bond motifs is 2. The number of nitrogens with zero attached hydrogens (tertiary/aromatic N) is 5. The van der Waals surface area contributed by atoms with Gasteiger partial charge < -0.3 is 4.90 Å². The van der Waals surface area contributed by atoms with Gasteiger partial charge in [0.25, 0.3) is 0 Å². The van der Waals surface area contributed by atoms with E-state index in [-0.39, 0.29) is 36.0 Å². The number of pyridine rings is 1. The molecule has 3 aliphatic rings. The largest absolute Gasteiger partial charge is 0.372 e. The van der Waals surface area contributed by atoms with Gasteiger partial charge in [-0.2, -0.15) is 9.40 Å².